The fraction of sp³-hybridized carbons (Fsp3) is 0.369. The maximum atomic E-state index is 10.9. The van der Waals surface area contributed by atoms with E-state index in [1.807, 2.05) is 0 Å². The number of carbonyl (C=O) groups is 7. The number of rotatable bonds is 23. The minimum Gasteiger partial charge on any atom is -0.481 e. The topological polar surface area (TPSA) is 345 Å². The number of carbonyl (C=O) groups excluding carboxylic acids is 5. The first kappa shape index (κ1) is 89.9. The lowest BCUT2D eigenvalue weighted by molar-refractivity contribution is -0.152. The maximum Gasteiger partial charge on any atom is 0.328 e. The summed E-state index contributed by atoms with van der Waals surface area (Å²) in [6, 6.07) is 32.3. The first-order valence-corrected chi connectivity index (χ1v) is 33.1. The number of imide groups is 1. The average Bonchev–Trinajstić information content (AvgIpc) is 1.42. The molecule has 90 heavy (non-hydrogen) atoms. The smallest absolute Gasteiger partial charge is 0.328 e. The second-order valence-electron chi connectivity index (χ2n) is 17.1. The van der Waals surface area contributed by atoms with Crippen LogP contribution in [0.1, 0.15) is 110 Å². The molecular formula is C65H81ClN5O16PS2. The van der Waals surface area contributed by atoms with Crippen LogP contribution in [0.3, 0.4) is 0 Å². The van der Waals surface area contributed by atoms with Crippen LogP contribution in [0.4, 0.5) is 0 Å². The molecule has 0 bridgehead atoms. The Morgan fingerprint density at radius 3 is 1.37 bits per heavy atom. The number of aliphatic hydroxyl groups is 1. The third-order valence-electron chi connectivity index (χ3n) is 9.22. The lowest BCUT2D eigenvalue weighted by Gasteiger charge is -2.18. The van der Waals surface area contributed by atoms with E-state index in [1.54, 1.807) is 0 Å². The Hall–Kier alpha value is -8.80. The van der Waals surface area contributed by atoms with Crippen LogP contribution in [0.15, 0.2) is 120 Å². The van der Waals surface area contributed by atoms with Gasteiger partial charge in [0.2, 0.25) is 9.05 Å². The number of ether oxygens (including phenoxy) is 1. The van der Waals surface area contributed by atoms with E-state index in [4.69, 9.17) is 69.9 Å². The Morgan fingerprint density at radius 2 is 1.04 bits per heavy atom. The summed E-state index contributed by atoms with van der Waals surface area (Å²) >= 11 is 0. The highest BCUT2D eigenvalue weighted by Crippen LogP contribution is 2.32. The molecule has 25 heteroatoms. The van der Waals surface area contributed by atoms with Crippen molar-refractivity contribution < 1.29 is 74.6 Å². The van der Waals surface area contributed by atoms with Crippen LogP contribution in [0.2, 0.25) is 0 Å². The molecule has 486 valence electrons. The number of esters is 2. The maximum absolute atomic E-state index is 10.9. The van der Waals surface area contributed by atoms with Gasteiger partial charge < -0.3 is 25.8 Å². The van der Waals surface area contributed by atoms with Crippen LogP contribution >= 0.6 is 18.6 Å². The molecule has 5 N–H and O–H groups in total. The van der Waals surface area contributed by atoms with E-state index in [1.165, 1.54) is 33.0 Å². The first-order valence-electron chi connectivity index (χ1n) is 27.2. The minimum absolute atomic E-state index is 0.167. The Morgan fingerprint density at radius 1 is 0.667 bits per heavy atom. The predicted molar refractivity (Wildman–Crippen MR) is 356 cm³/mol. The third kappa shape index (κ3) is 70.0. The number of azide groups is 1. The molecule has 1 saturated heterocycles. The summed E-state index contributed by atoms with van der Waals surface area (Å²) in [5.41, 5.74) is 12.9. The fourth-order valence-corrected chi connectivity index (χ4v) is 8.17. The van der Waals surface area contributed by atoms with Gasteiger partial charge in [0.05, 0.1) is 32.0 Å². The Labute approximate surface area is 537 Å². The van der Waals surface area contributed by atoms with Crippen molar-refractivity contribution in [3.05, 3.63) is 126 Å². The lowest BCUT2D eigenvalue weighted by atomic mass is 10.1. The van der Waals surface area contributed by atoms with Crippen LogP contribution in [-0.2, 0) is 61.7 Å². The molecule has 2 amide bonds. The molecule has 0 saturated carbocycles. The molecule has 5 rings (SSSR count). The molecule has 0 atom stereocenters. The molecule has 1 fully saturated rings. The number of cyclic esters (lactones) is 2. The van der Waals surface area contributed by atoms with E-state index in [0.29, 0.717) is 77.4 Å². The molecule has 2 aliphatic rings. The van der Waals surface area contributed by atoms with Crippen LogP contribution < -0.4 is 21.6 Å². The van der Waals surface area contributed by atoms with E-state index in [2.05, 4.69) is 156 Å². The number of terminal acetylenes is 6. The van der Waals surface area contributed by atoms with E-state index in [9.17, 15) is 45.6 Å². The van der Waals surface area contributed by atoms with Gasteiger partial charge in [-0.25, -0.2) is 13.2 Å². The molecule has 0 radical (unpaired) electrons. The first-order chi connectivity index (χ1) is 42.7. The highest BCUT2D eigenvalue weighted by Gasteiger charge is 2.22. The monoisotopic (exact) mass is 1320 g/mol. The van der Waals surface area contributed by atoms with E-state index >= 15 is 0 Å². The van der Waals surface area contributed by atoms with Crippen LogP contribution in [-0.4, -0.2) is 124 Å². The van der Waals surface area contributed by atoms with Gasteiger partial charge in [-0.3, -0.25) is 37.9 Å². The van der Waals surface area contributed by atoms with Crippen molar-refractivity contribution in [3.8, 4) is 74.1 Å². The number of carboxylic acids is 2. The van der Waals surface area contributed by atoms with Gasteiger partial charge in [0.1, 0.15) is 0 Å². The van der Waals surface area contributed by atoms with Crippen molar-refractivity contribution in [1.82, 2.24) is 4.90 Å². The minimum atomic E-state index is -3.27. The van der Waals surface area contributed by atoms with Gasteiger partial charge in [0.25, 0.3) is 27.9 Å². The predicted octanol–water partition coefficient (Wildman–Crippen LogP) is 8.12. The number of allylic oxidation sites excluding steroid dienone is 1. The van der Waals surface area contributed by atoms with Crippen LogP contribution in [0.5, 0.6) is 0 Å². The number of aliphatic hydroxyl groups excluding tert-OH is 1. The molecular weight excluding hydrogens is 1240 g/mol. The third-order valence-corrected chi connectivity index (χ3v) is 12.3. The average molecular weight is 1320 g/mol. The van der Waals surface area contributed by atoms with Crippen LogP contribution in [0, 0.1) is 74.1 Å². The van der Waals surface area contributed by atoms with Gasteiger partial charge in [-0.2, -0.15) is 8.42 Å². The number of nitrogens with zero attached hydrogens (tertiary/aromatic N) is 4. The quantitative estimate of drug-likeness (QED) is 0.00566. The largest absolute Gasteiger partial charge is 0.481 e. The number of benzene rings is 3. The standard InChI is InChI=1S/C18H15P.C10H12O3.C9H9NO2.C6H10O3S.C5H7N3.C5H9N.C5H8O.C4H4O3.C2H4O2.CH3ClO2S/c1-4-10-16(11-5-1)19(17-12-6-2-7-13-17)18-14-8-3-9-15-18;1-2-3-4-5-6-9(11)7-8-10(12)13;1-2-3-4-7-10-8(11)5-6-9(10)12;1-3-4-5-6-9-10(2,7)8;1-2-3-4-5-7-8-6;2*1-2-3-4-5-6;5-3-1-2-4(6)7-3;1-2(3)4;1-5(2,3)4/h1-15H;1,7-8H,3-6H2,(H,12,13);1,5-6H,3-4,7H2;1H,4-6H2,2H3;1H,3-5H2;1H,3-6H2;1,6H,3-5H2;1-2H2;1H3,(H,3,4);1H3/b;8-7-;;;;;;;;. The van der Waals surface area contributed by atoms with Gasteiger partial charge in [0, 0.05) is 105 Å². The van der Waals surface area contributed by atoms with Crippen LogP contribution in [0.25, 0.3) is 10.4 Å². The zero-order chi connectivity index (χ0) is 69.3. The summed E-state index contributed by atoms with van der Waals surface area (Å²) < 4.78 is 47.9. The summed E-state index contributed by atoms with van der Waals surface area (Å²) in [5, 5.41) is 31.2. The fourth-order valence-electron chi connectivity index (χ4n) is 5.44. The second-order valence-corrected chi connectivity index (χ2v) is 24.0. The highest BCUT2D eigenvalue weighted by molar-refractivity contribution is 8.13. The van der Waals surface area contributed by atoms with Crippen molar-refractivity contribution in [3.63, 3.8) is 0 Å². The van der Waals surface area contributed by atoms with Crippen molar-refractivity contribution in [2.75, 3.05) is 45.4 Å². The Kier molecular flexibility index (Phi) is 63.2. The normalized spacial score (nSPS) is 11.0. The van der Waals surface area contributed by atoms with Gasteiger partial charge in [-0.15, -0.1) is 74.1 Å². The number of carboxylic acid groups (broad SMARTS) is 2. The van der Waals surface area contributed by atoms with Gasteiger partial charge in [-0.1, -0.05) is 96.1 Å². The van der Waals surface area contributed by atoms with E-state index in [-0.39, 0.29) is 43.7 Å². The molecule has 2 aliphatic heterocycles. The SMILES string of the molecule is C#CCCCCC(=O)/C=C\C(=O)O.C#CCCCN.C#CCCCN1C(=O)C=CC1=O.C#CCCCN=[N+]=[N-].C#CCCCO.C#CCCCOS(C)(=O)=O.CC(=O)O.CS(=O)(=O)Cl.O=C1CCC(=O)O1.c1ccc(P(c2ccccc2)c2ccccc2)cc1. The zero-order valence-corrected chi connectivity index (χ0v) is 54.2. The summed E-state index contributed by atoms with van der Waals surface area (Å²) in [5.74, 6) is 11.3. The number of aliphatic carboxylic acids is 2. The molecule has 0 aliphatic carbocycles. The van der Waals surface area contributed by atoms with E-state index in [0.717, 1.165) is 63.7 Å². The van der Waals surface area contributed by atoms with Gasteiger partial charge in [-0.05, 0) is 86.9 Å². The van der Waals surface area contributed by atoms with Crippen molar-refractivity contribution in [2.24, 2.45) is 10.8 Å². The number of unbranched alkanes of at least 4 members (excludes halogenated alkanes) is 7. The molecule has 3 aromatic carbocycles. The summed E-state index contributed by atoms with van der Waals surface area (Å²) in [7, 11) is -2.41. The van der Waals surface area contributed by atoms with Crippen molar-refractivity contribution >= 4 is 95.2 Å². The number of halogens is 1. The number of amides is 2. The number of hydrogen-bond donors (Lipinski definition) is 4. The molecule has 3 aromatic rings. The molecule has 0 unspecified atom stereocenters. The van der Waals surface area contributed by atoms with Gasteiger partial charge in [0.15, 0.2) is 5.78 Å². The van der Waals surface area contributed by atoms with Crippen molar-refractivity contribution in [1.29, 1.82) is 0 Å². The summed E-state index contributed by atoms with van der Waals surface area (Å²) in [6.45, 7) is 3.13. The molecule has 2 heterocycles. The number of hydrogen-bond acceptors (Lipinski definition) is 16. The molecule has 0 spiro atoms. The zero-order valence-electron chi connectivity index (χ0n) is 50.9. The number of ketones is 1. The van der Waals surface area contributed by atoms with E-state index < -0.39 is 51.0 Å². The summed E-state index contributed by atoms with van der Waals surface area (Å²) in [6.07, 6.45) is 46.3. The highest BCUT2D eigenvalue weighted by atomic mass is 35.7. The second kappa shape index (κ2) is 63.2. The Bertz CT molecular complexity index is 2980. The molecule has 21 nitrogen and oxygen atoms in total. The Balaban J connectivity index is -0.000000308. The molecule has 0 aromatic heterocycles. The van der Waals surface area contributed by atoms with Gasteiger partial charge >= 0.3 is 17.9 Å². The summed E-state index contributed by atoms with van der Waals surface area (Å²) in [4.78, 5) is 75.6. The lowest BCUT2D eigenvalue weighted by Crippen LogP contribution is -2.30. The van der Waals surface area contributed by atoms with Crippen molar-refractivity contribution in [2.45, 2.75) is 110 Å². The number of nitrogens with two attached hydrogens (primary N) is 1.